The Morgan fingerprint density at radius 1 is 1.09 bits per heavy atom. The summed E-state index contributed by atoms with van der Waals surface area (Å²) in [4.78, 5) is 47.7. The molecule has 2 aromatic heterocycles. The van der Waals surface area contributed by atoms with Crippen LogP contribution >= 0.6 is 35.0 Å². The SMILES string of the molecule is Nc1ncnc2c1ncn2[C@@H]1O[C@H](CSCP(=O)(O)OP(=O)(O)OP(=O)(O)O)[C@@H](O)[C@H]1O. The highest BCUT2D eigenvalue weighted by Gasteiger charge is 2.45. The molecule has 180 valence electrons. The van der Waals surface area contributed by atoms with E-state index in [1.54, 1.807) is 0 Å². The first kappa shape index (κ1) is 25.6. The second-order valence-corrected chi connectivity index (χ2v) is 12.7. The lowest BCUT2D eigenvalue weighted by molar-refractivity contribution is -0.0288. The van der Waals surface area contributed by atoms with Gasteiger partial charge < -0.3 is 40.3 Å². The predicted molar refractivity (Wildman–Crippen MR) is 107 cm³/mol. The molecule has 17 nitrogen and oxygen atoms in total. The standard InChI is InChI=1S/C11H18N5O12P3S/c12-9-6-10(14-2-13-9)16(3-15-6)11-8(18)7(17)5(26-11)1-32-4-29(19,20)27-31(24,25)28-30(21,22)23/h2-3,5,7-8,11,17-18H,1,4H2,(H,19,20)(H,24,25)(H2,12,13,14)(H2,21,22,23)/t5-,7-,8-,11-/m1/s1. The zero-order valence-corrected chi connectivity index (χ0v) is 19.1. The third-order valence-electron chi connectivity index (χ3n) is 3.98. The van der Waals surface area contributed by atoms with Gasteiger partial charge in [0.1, 0.15) is 24.1 Å². The quantitative estimate of drug-likeness (QED) is 0.191. The second kappa shape index (κ2) is 9.35. The molecule has 0 bridgehead atoms. The molecule has 0 saturated carbocycles. The molecule has 2 aromatic rings. The Bertz CT molecular complexity index is 1130. The molecule has 3 heterocycles. The van der Waals surface area contributed by atoms with E-state index in [0.717, 1.165) is 0 Å². The van der Waals surface area contributed by atoms with Gasteiger partial charge in [-0.25, -0.2) is 28.4 Å². The summed E-state index contributed by atoms with van der Waals surface area (Å²) in [6.07, 6.45) is -2.58. The molecule has 1 aliphatic heterocycles. The van der Waals surface area contributed by atoms with Gasteiger partial charge in [-0.15, -0.1) is 11.8 Å². The molecule has 0 aliphatic carbocycles. The first-order valence-corrected chi connectivity index (χ1v) is 14.3. The van der Waals surface area contributed by atoms with E-state index in [9.17, 15) is 33.7 Å². The zero-order valence-electron chi connectivity index (χ0n) is 15.6. The van der Waals surface area contributed by atoms with Crippen molar-refractivity contribution in [2.45, 2.75) is 24.5 Å². The van der Waals surface area contributed by atoms with E-state index >= 15 is 0 Å². The summed E-state index contributed by atoms with van der Waals surface area (Å²) in [7, 11) is -15.9. The number of aliphatic hydroxyl groups excluding tert-OH is 2. The lowest BCUT2D eigenvalue weighted by Crippen LogP contribution is -2.32. The Kier molecular flexibility index (Phi) is 7.49. The van der Waals surface area contributed by atoms with Crippen molar-refractivity contribution in [2.24, 2.45) is 0 Å². The molecule has 8 N–H and O–H groups in total. The summed E-state index contributed by atoms with van der Waals surface area (Å²) in [5, 5.41) is 20.6. The number of ether oxygens (including phenoxy) is 1. The van der Waals surface area contributed by atoms with Crippen molar-refractivity contribution in [3.63, 3.8) is 0 Å². The fraction of sp³-hybridized carbons (Fsp3) is 0.545. The number of nitrogens with zero attached hydrogens (tertiary/aromatic N) is 4. The number of phosphoric acid groups is 2. The van der Waals surface area contributed by atoms with Crippen LogP contribution in [0.1, 0.15) is 6.23 Å². The van der Waals surface area contributed by atoms with Crippen LogP contribution in [0.5, 0.6) is 0 Å². The first-order valence-electron chi connectivity index (χ1n) is 8.34. The minimum absolute atomic E-state index is 0.0940. The van der Waals surface area contributed by atoms with Crippen molar-refractivity contribution >= 4 is 52.0 Å². The normalized spacial score (nSPS) is 27.9. The van der Waals surface area contributed by atoms with Crippen LogP contribution in [0.2, 0.25) is 0 Å². The van der Waals surface area contributed by atoms with Gasteiger partial charge in [0.25, 0.3) is 0 Å². The monoisotopic (exact) mass is 537 g/mol. The van der Waals surface area contributed by atoms with E-state index in [4.69, 9.17) is 20.3 Å². The van der Waals surface area contributed by atoms with Crippen LogP contribution in [0.25, 0.3) is 11.2 Å². The molecule has 0 spiro atoms. The van der Waals surface area contributed by atoms with Gasteiger partial charge in [0, 0.05) is 5.75 Å². The number of hydrogen-bond acceptors (Lipinski definition) is 13. The number of hydrogen-bond donors (Lipinski definition) is 7. The van der Waals surface area contributed by atoms with Crippen molar-refractivity contribution in [1.82, 2.24) is 19.5 Å². The van der Waals surface area contributed by atoms with Crippen LogP contribution in [0.15, 0.2) is 12.7 Å². The van der Waals surface area contributed by atoms with Gasteiger partial charge in [0.05, 0.1) is 17.9 Å². The molecule has 32 heavy (non-hydrogen) atoms. The Morgan fingerprint density at radius 3 is 2.44 bits per heavy atom. The van der Waals surface area contributed by atoms with E-state index in [1.807, 2.05) is 0 Å². The molecule has 2 unspecified atom stereocenters. The van der Waals surface area contributed by atoms with E-state index in [0.29, 0.717) is 11.8 Å². The summed E-state index contributed by atoms with van der Waals surface area (Å²) in [5.74, 6) is -0.0851. The molecular weight excluding hydrogens is 519 g/mol. The molecule has 6 atom stereocenters. The van der Waals surface area contributed by atoms with Crippen molar-refractivity contribution in [3.05, 3.63) is 12.7 Å². The number of anilines is 1. The lowest BCUT2D eigenvalue weighted by atomic mass is 10.1. The zero-order chi connectivity index (χ0) is 23.9. The van der Waals surface area contributed by atoms with E-state index in [2.05, 4.69) is 23.6 Å². The third kappa shape index (κ3) is 6.12. The van der Waals surface area contributed by atoms with Gasteiger partial charge in [-0.05, 0) is 0 Å². The van der Waals surface area contributed by atoms with E-state index < -0.39 is 53.3 Å². The number of imidazole rings is 1. The van der Waals surface area contributed by atoms with Crippen LogP contribution < -0.4 is 5.73 Å². The summed E-state index contributed by atoms with van der Waals surface area (Å²) < 4.78 is 48.3. The van der Waals surface area contributed by atoms with E-state index in [1.165, 1.54) is 17.2 Å². The van der Waals surface area contributed by atoms with Crippen molar-refractivity contribution in [1.29, 1.82) is 0 Å². The highest BCUT2D eigenvalue weighted by Crippen LogP contribution is 2.66. The minimum Gasteiger partial charge on any atom is -0.387 e. The Labute approximate surface area is 183 Å². The Hall–Kier alpha value is -0.970. The molecule has 0 amide bonds. The Morgan fingerprint density at radius 2 is 1.78 bits per heavy atom. The van der Waals surface area contributed by atoms with Gasteiger partial charge in [-0.1, -0.05) is 0 Å². The second-order valence-electron chi connectivity index (χ2n) is 6.39. The summed E-state index contributed by atoms with van der Waals surface area (Å²) >= 11 is 0.641. The van der Waals surface area contributed by atoms with Gasteiger partial charge in [0.15, 0.2) is 17.7 Å². The fourth-order valence-electron chi connectivity index (χ4n) is 2.77. The summed E-state index contributed by atoms with van der Waals surface area (Å²) in [6, 6.07) is 0. The highest BCUT2D eigenvalue weighted by molar-refractivity contribution is 8.04. The number of thioether (sulfide) groups is 1. The number of nitrogens with two attached hydrogens (primary N) is 1. The maximum atomic E-state index is 11.9. The van der Waals surface area contributed by atoms with Gasteiger partial charge in [0.2, 0.25) is 0 Å². The molecule has 0 radical (unpaired) electrons. The number of aromatic nitrogens is 4. The van der Waals surface area contributed by atoms with Crippen molar-refractivity contribution < 1.29 is 56.8 Å². The average Bonchev–Trinajstić information content (AvgIpc) is 3.16. The van der Waals surface area contributed by atoms with Crippen molar-refractivity contribution in [3.8, 4) is 0 Å². The number of aliphatic hydroxyl groups is 2. The average molecular weight is 537 g/mol. The summed E-state index contributed by atoms with van der Waals surface area (Å²) in [5.41, 5.74) is 5.37. The molecule has 0 aromatic carbocycles. The van der Waals surface area contributed by atoms with Gasteiger partial charge in [-0.2, -0.15) is 4.31 Å². The summed E-state index contributed by atoms with van der Waals surface area (Å²) in [6.45, 7) is 0. The van der Waals surface area contributed by atoms with E-state index in [-0.39, 0.29) is 22.7 Å². The van der Waals surface area contributed by atoms with Gasteiger partial charge >= 0.3 is 23.2 Å². The van der Waals surface area contributed by atoms with Gasteiger partial charge in [-0.3, -0.25) is 9.13 Å². The van der Waals surface area contributed by atoms with Crippen LogP contribution in [0, 0.1) is 0 Å². The van der Waals surface area contributed by atoms with Crippen LogP contribution in [-0.4, -0.2) is 78.9 Å². The molecule has 21 heteroatoms. The van der Waals surface area contributed by atoms with Crippen LogP contribution in [0.3, 0.4) is 0 Å². The molecule has 1 aliphatic rings. The largest absolute Gasteiger partial charge is 0.488 e. The number of nitrogen functional groups attached to an aromatic ring is 1. The first-order chi connectivity index (χ1) is 14.7. The molecule has 3 rings (SSSR count). The number of fused-ring (bicyclic) bond motifs is 1. The highest BCUT2D eigenvalue weighted by atomic mass is 32.2. The smallest absolute Gasteiger partial charge is 0.387 e. The molecule has 1 saturated heterocycles. The van der Waals surface area contributed by atoms with Crippen molar-refractivity contribution in [2.75, 3.05) is 17.0 Å². The topological polar surface area (TPSA) is 270 Å². The third-order valence-corrected chi connectivity index (χ3v) is 10.1. The maximum Gasteiger partial charge on any atom is 0.488 e. The van der Waals surface area contributed by atoms with Crippen LogP contribution in [-0.2, 0) is 27.1 Å². The Balaban J connectivity index is 1.61. The fourth-order valence-corrected chi connectivity index (χ4v) is 7.99. The molecule has 1 fully saturated rings. The number of rotatable bonds is 9. The lowest BCUT2D eigenvalue weighted by Gasteiger charge is -2.18. The maximum absolute atomic E-state index is 11.9. The minimum atomic E-state index is -5.54. The molecular formula is C11H18N5O12P3S. The predicted octanol–water partition coefficient (Wildman–Crippen LogP) is -0.870. The van der Waals surface area contributed by atoms with Crippen LogP contribution in [0.4, 0.5) is 5.82 Å².